The second-order valence-electron chi connectivity index (χ2n) is 4.84. The highest BCUT2D eigenvalue weighted by molar-refractivity contribution is 8.00. The first-order valence-corrected chi connectivity index (χ1v) is 7.29. The van der Waals surface area contributed by atoms with Crippen molar-refractivity contribution in [3.63, 3.8) is 0 Å². The molecule has 2 heterocycles. The lowest BCUT2D eigenvalue weighted by Crippen LogP contribution is -2.42. The first-order valence-electron chi connectivity index (χ1n) is 6.35. The van der Waals surface area contributed by atoms with Crippen LogP contribution in [0.25, 0.3) is 0 Å². The van der Waals surface area contributed by atoms with Crippen molar-refractivity contribution >= 4 is 17.6 Å². The van der Waals surface area contributed by atoms with E-state index < -0.39 is 6.10 Å². The van der Waals surface area contributed by atoms with E-state index in [-0.39, 0.29) is 16.7 Å². The van der Waals surface area contributed by atoms with E-state index in [1.807, 2.05) is 18.0 Å². The van der Waals surface area contributed by atoms with Crippen molar-refractivity contribution in [2.75, 3.05) is 20.8 Å². The summed E-state index contributed by atoms with van der Waals surface area (Å²) in [5.74, 6) is 0.984. The van der Waals surface area contributed by atoms with Crippen molar-refractivity contribution in [2.45, 2.75) is 29.8 Å². The molecule has 112 valence electrons. The zero-order valence-electron chi connectivity index (χ0n) is 11.9. The molecule has 0 radical (unpaired) electrons. The van der Waals surface area contributed by atoms with Crippen LogP contribution < -0.4 is 5.73 Å². The minimum atomic E-state index is -0.652. The van der Waals surface area contributed by atoms with Gasteiger partial charge < -0.3 is 25.2 Å². The Labute approximate surface area is 123 Å². The van der Waals surface area contributed by atoms with Gasteiger partial charge in [0.1, 0.15) is 29.2 Å². The molecule has 4 atom stereocenters. The van der Waals surface area contributed by atoms with Crippen LogP contribution in [0, 0.1) is 0 Å². The SMILES string of the molecule is C=C1N=C(N)C(C)=CN1[C@@H]1S[C@H](COC)C(OC)[C@@H]1O. The van der Waals surface area contributed by atoms with E-state index in [9.17, 15) is 5.11 Å². The number of nitrogens with zero attached hydrogens (tertiary/aromatic N) is 2. The quantitative estimate of drug-likeness (QED) is 0.787. The lowest BCUT2D eigenvalue weighted by Gasteiger charge is -2.32. The first kappa shape index (κ1) is 15.4. The number of rotatable bonds is 4. The van der Waals surface area contributed by atoms with E-state index in [0.29, 0.717) is 18.3 Å². The fourth-order valence-electron chi connectivity index (χ4n) is 2.39. The molecule has 7 heteroatoms. The van der Waals surface area contributed by atoms with Gasteiger partial charge in [-0.05, 0) is 6.92 Å². The molecular weight excluding hydrogens is 278 g/mol. The normalized spacial score (nSPS) is 34.2. The molecule has 1 unspecified atom stereocenters. The van der Waals surface area contributed by atoms with Gasteiger partial charge in [-0.3, -0.25) is 0 Å². The standard InChI is InChI=1S/C13H21N3O3S/c1-7-5-16(8(2)15-12(7)14)13-10(17)11(19-4)9(20-13)6-18-3/h5,9-11,13,17H,2,6H2,1,3-4H3,(H2,14,15)/t9-,10+,11?,13-/m1/s1. The number of ether oxygens (including phenoxy) is 2. The predicted octanol–water partition coefficient (Wildman–Crippen LogP) is 0.498. The number of aliphatic hydroxyl groups is 1. The molecule has 6 nitrogen and oxygen atoms in total. The van der Waals surface area contributed by atoms with E-state index in [1.165, 1.54) is 0 Å². The molecule has 2 aliphatic heterocycles. The van der Waals surface area contributed by atoms with Gasteiger partial charge in [0.15, 0.2) is 0 Å². The molecule has 3 N–H and O–H groups in total. The largest absolute Gasteiger partial charge is 0.387 e. The number of nitrogens with two attached hydrogens (primary N) is 1. The highest BCUT2D eigenvalue weighted by Crippen LogP contribution is 2.40. The Morgan fingerprint density at radius 1 is 1.55 bits per heavy atom. The smallest absolute Gasteiger partial charge is 0.130 e. The Morgan fingerprint density at radius 2 is 2.25 bits per heavy atom. The molecule has 0 aromatic rings. The van der Waals surface area contributed by atoms with Crippen LogP contribution in [0.3, 0.4) is 0 Å². The summed E-state index contributed by atoms with van der Waals surface area (Å²) in [5.41, 5.74) is 6.63. The van der Waals surface area contributed by atoms with Gasteiger partial charge >= 0.3 is 0 Å². The van der Waals surface area contributed by atoms with Crippen molar-refractivity contribution in [2.24, 2.45) is 10.7 Å². The van der Waals surface area contributed by atoms with Gasteiger partial charge in [-0.2, -0.15) is 0 Å². The van der Waals surface area contributed by atoms with Crippen LogP contribution >= 0.6 is 11.8 Å². The van der Waals surface area contributed by atoms with Gasteiger partial charge in [0, 0.05) is 26.0 Å². The maximum Gasteiger partial charge on any atom is 0.130 e. The van der Waals surface area contributed by atoms with Crippen molar-refractivity contribution < 1.29 is 14.6 Å². The Bertz CT molecular complexity index is 452. The maximum absolute atomic E-state index is 10.5. The number of aliphatic imine (C=N–C) groups is 1. The van der Waals surface area contributed by atoms with E-state index in [1.54, 1.807) is 26.0 Å². The lowest BCUT2D eigenvalue weighted by molar-refractivity contribution is -0.0246. The van der Waals surface area contributed by atoms with Crippen LogP contribution in [0.1, 0.15) is 6.92 Å². The summed E-state index contributed by atoms with van der Waals surface area (Å²) in [6.45, 7) is 6.30. The second kappa shape index (κ2) is 6.17. The van der Waals surface area contributed by atoms with Gasteiger partial charge in [-0.15, -0.1) is 11.8 Å². The number of hydrogen-bond donors (Lipinski definition) is 2. The molecular formula is C13H21N3O3S. The molecule has 1 saturated heterocycles. The average Bonchev–Trinajstić information content (AvgIpc) is 2.71. The Kier molecular flexibility index (Phi) is 4.74. The van der Waals surface area contributed by atoms with Crippen LogP contribution in [-0.2, 0) is 9.47 Å². The number of aliphatic hydroxyl groups excluding tert-OH is 1. The number of amidine groups is 1. The highest BCUT2D eigenvalue weighted by atomic mass is 32.2. The Hall–Kier alpha value is -1.02. The van der Waals surface area contributed by atoms with Gasteiger partial charge in [0.25, 0.3) is 0 Å². The molecule has 0 saturated carbocycles. The number of hydrogen-bond acceptors (Lipinski definition) is 7. The summed E-state index contributed by atoms with van der Waals surface area (Å²) < 4.78 is 10.6. The van der Waals surface area contributed by atoms with Crippen LogP contribution in [0.15, 0.2) is 29.2 Å². The molecule has 0 bridgehead atoms. The van der Waals surface area contributed by atoms with Gasteiger partial charge in [0.05, 0.1) is 11.9 Å². The maximum atomic E-state index is 10.5. The Balaban J connectivity index is 2.19. The predicted molar refractivity (Wildman–Crippen MR) is 80.2 cm³/mol. The van der Waals surface area contributed by atoms with Gasteiger partial charge in [-0.25, -0.2) is 4.99 Å². The third-order valence-corrected chi connectivity index (χ3v) is 5.01. The van der Waals surface area contributed by atoms with E-state index in [4.69, 9.17) is 15.2 Å². The molecule has 20 heavy (non-hydrogen) atoms. The van der Waals surface area contributed by atoms with E-state index in [2.05, 4.69) is 11.6 Å². The van der Waals surface area contributed by atoms with Crippen molar-refractivity contribution in [1.82, 2.24) is 4.90 Å². The van der Waals surface area contributed by atoms with Crippen LogP contribution in [0.4, 0.5) is 0 Å². The third kappa shape index (κ3) is 2.71. The van der Waals surface area contributed by atoms with Crippen LogP contribution in [0.2, 0.25) is 0 Å². The molecule has 0 aromatic heterocycles. The van der Waals surface area contributed by atoms with Crippen molar-refractivity contribution in [3.8, 4) is 0 Å². The lowest BCUT2D eigenvalue weighted by atomic mass is 10.1. The van der Waals surface area contributed by atoms with E-state index in [0.717, 1.165) is 5.57 Å². The zero-order valence-corrected chi connectivity index (χ0v) is 12.8. The summed E-state index contributed by atoms with van der Waals surface area (Å²) >= 11 is 1.60. The van der Waals surface area contributed by atoms with Gasteiger partial charge in [-0.1, -0.05) is 6.58 Å². The summed E-state index contributed by atoms with van der Waals surface area (Å²) in [6.07, 6.45) is 0.933. The minimum Gasteiger partial charge on any atom is -0.387 e. The Morgan fingerprint density at radius 3 is 2.85 bits per heavy atom. The molecule has 2 rings (SSSR count). The average molecular weight is 299 g/mol. The van der Waals surface area contributed by atoms with Crippen LogP contribution in [0.5, 0.6) is 0 Å². The zero-order chi connectivity index (χ0) is 14.9. The molecule has 1 fully saturated rings. The summed E-state index contributed by atoms with van der Waals surface area (Å²) in [5, 5.41) is 10.3. The summed E-state index contributed by atoms with van der Waals surface area (Å²) in [6, 6.07) is 0. The topological polar surface area (TPSA) is 80.3 Å². The number of thioether (sulfide) groups is 1. The van der Waals surface area contributed by atoms with Crippen molar-refractivity contribution in [3.05, 3.63) is 24.2 Å². The summed E-state index contributed by atoms with van der Waals surface area (Å²) in [7, 11) is 3.24. The first-order chi connectivity index (χ1) is 9.49. The van der Waals surface area contributed by atoms with Crippen LogP contribution in [-0.4, -0.2) is 59.5 Å². The molecule has 0 spiro atoms. The highest BCUT2D eigenvalue weighted by Gasteiger charge is 2.46. The fourth-order valence-corrected chi connectivity index (χ4v) is 4.02. The van der Waals surface area contributed by atoms with E-state index >= 15 is 0 Å². The number of methoxy groups -OCH3 is 2. The third-order valence-electron chi connectivity index (χ3n) is 3.47. The van der Waals surface area contributed by atoms with Crippen molar-refractivity contribution in [1.29, 1.82) is 0 Å². The van der Waals surface area contributed by atoms with Gasteiger partial charge in [0.2, 0.25) is 0 Å². The monoisotopic (exact) mass is 299 g/mol. The summed E-state index contributed by atoms with van der Waals surface area (Å²) in [4.78, 5) is 6.06. The minimum absolute atomic E-state index is 0.0646. The molecule has 2 aliphatic rings. The fraction of sp³-hybridized carbons (Fsp3) is 0.615. The molecule has 0 amide bonds. The second-order valence-corrected chi connectivity index (χ2v) is 6.20. The molecule has 0 aliphatic carbocycles. The molecule has 0 aromatic carbocycles.